The number of hydrogen-bond donors (Lipinski definition) is 1. The number of aromatic nitrogens is 3. The van der Waals surface area contributed by atoms with Crippen LogP contribution < -0.4 is 5.32 Å². The van der Waals surface area contributed by atoms with Crippen molar-refractivity contribution in [2.75, 3.05) is 5.32 Å². The number of hydrogen-bond acceptors (Lipinski definition) is 6. The van der Waals surface area contributed by atoms with Gasteiger partial charge in [-0.05, 0) is 65.6 Å². The molecule has 3 heterocycles. The second-order valence-corrected chi connectivity index (χ2v) is 9.63. The average Bonchev–Trinajstić information content (AvgIpc) is 3.00. The van der Waals surface area contributed by atoms with Crippen molar-refractivity contribution in [3.63, 3.8) is 0 Å². The molecule has 0 bridgehead atoms. The molecule has 4 aromatic rings. The van der Waals surface area contributed by atoms with Crippen molar-refractivity contribution in [2.45, 2.75) is 32.4 Å². The third-order valence-electron chi connectivity index (χ3n) is 6.40. The first-order valence-electron chi connectivity index (χ1n) is 12.1. The molecule has 0 saturated carbocycles. The van der Waals surface area contributed by atoms with Gasteiger partial charge in [0.1, 0.15) is 0 Å². The number of nitrogens with zero attached hydrogens (tertiary/aromatic N) is 4. The summed E-state index contributed by atoms with van der Waals surface area (Å²) in [5.41, 5.74) is 4.03. The Kier molecular flexibility index (Phi) is 7.24. The molecule has 5 rings (SSSR count). The Bertz CT molecular complexity index is 1490. The highest BCUT2D eigenvalue weighted by Crippen LogP contribution is 2.27. The quantitative estimate of drug-likeness (QED) is 0.398. The van der Waals surface area contributed by atoms with Gasteiger partial charge in [0.2, 0.25) is 5.95 Å². The fraction of sp³-hybridized carbons (Fsp3) is 0.172. The minimum Gasteiger partial charge on any atom is -0.324 e. The van der Waals surface area contributed by atoms with Gasteiger partial charge in [-0.25, -0.2) is 9.97 Å². The highest BCUT2D eigenvalue weighted by molar-refractivity contribution is 6.30. The molecular weight excluding hydrogens is 502 g/mol. The summed E-state index contributed by atoms with van der Waals surface area (Å²) in [6.07, 6.45) is 7.08. The number of nitrogens with one attached hydrogen (secondary N) is 1. The zero-order valence-electron chi connectivity index (χ0n) is 20.6. The summed E-state index contributed by atoms with van der Waals surface area (Å²) in [4.78, 5) is 53.8. The molecule has 1 atom stereocenters. The Morgan fingerprint density at radius 3 is 2.50 bits per heavy atom. The molecule has 1 aliphatic rings. The van der Waals surface area contributed by atoms with Gasteiger partial charge in [0.15, 0.2) is 5.78 Å². The number of pyridine rings is 1. The lowest BCUT2D eigenvalue weighted by Gasteiger charge is -2.29. The van der Waals surface area contributed by atoms with Crippen LogP contribution in [0.15, 0.2) is 79.4 Å². The second kappa shape index (κ2) is 10.9. The predicted octanol–water partition coefficient (Wildman–Crippen LogP) is 4.46. The van der Waals surface area contributed by atoms with E-state index < -0.39 is 6.04 Å². The summed E-state index contributed by atoms with van der Waals surface area (Å²) >= 11 is 6.17. The van der Waals surface area contributed by atoms with Crippen molar-refractivity contribution >= 4 is 35.1 Å². The topological polar surface area (TPSA) is 105 Å². The molecule has 2 aromatic carbocycles. The fourth-order valence-electron chi connectivity index (χ4n) is 4.43. The van der Waals surface area contributed by atoms with E-state index in [0.717, 1.165) is 16.7 Å². The summed E-state index contributed by atoms with van der Waals surface area (Å²) in [7, 11) is 0. The van der Waals surface area contributed by atoms with E-state index in [9.17, 15) is 14.4 Å². The maximum atomic E-state index is 13.7. The van der Waals surface area contributed by atoms with Gasteiger partial charge in [0.25, 0.3) is 11.8 Å². The summed E-state index contributed by atoms with van der Waals surface area (Å²) < 4.78 is 0. The van der Waals surface area contributed by atoms with E-state index in [1.807, 2.05) is 19.1 Å². The molecule has 0 fully saturated rings. The summed E-state index contributed by atoms with van der Waals surface area (Å²) in [6, 6.07) is 14.9. The average molecular weight is 526 g/mol. The molecule has 0 aliphatic carbocycles. The summed E-state index contributed by atoms with van der Waals surface area (Å²) in [5, 5.41) is 3.15. The molecular formula is C29H24ClN5O3. The largest absolute Gasteiger partial charge is 0.324 e. The van der Waals surface area contributed by atoms with Crippen LogP contribution in [0.5, 0.6) is 0 Å². The van der Waals surface area contributed by atoms with Crippen LogP contribution in [-0.2, 0) is 24.2 Å². The third-order valence-corrected chi connectivity index (χ3v) is 6.63. The van der Waals surface area contributed by atoms with Gasteiger partial charge in [-0.2, -0.15) is 0 Å². The van der Waals surface area contributed by atoms with Crippen LogP contribution in [0.25, 0.3) is 0 Å². The number of rotatable bonds is 6. The van der Waals surface area contributed by atoms with Gasteiger partial charge < -0.3 is 4.90 Å². The number of amides is 2. The number of anilines is 1. The molecule has 1 aliphatic heterocycles. The van der Waals surface area contributed by atoms with E-state index in [2.05, 4.69) is 20.3 Å². The first kappa shape index (κ1) is 25.2. The van der Waals surface area contributed by atoms with E-state index in [-0.39, 0.29) is 36.5 Å². The van der Waals surface area contributed by atoms with Crippen LogP contribution in [0.3, 0.4) is 0 Å². The number of benzene rings is 2. The normalized spacial score (nSPS) is 15.1. The van der Waals surface area contributed by atoms with Gasteiger partial charge in [0.05, 0.1) is 6.04 Å². The van der Waals surface area contributed by atoms with Gasteiger partial charge >= 0.3 is 0 Å². The summed E-state index contributed by atoms with van der Waals surface area (Å²) in [6.45, 7) is 2.06. The molecule has 9 heteroatoms. The number of halogens is 1. The zero-order valence-corrected chi connectivity index (χ0v) is 21.4. The Balaban J connectivity index is 1.40. The lowest BCUT2D eigenvalue weighted by atomic mass is 9.98. The Hall–Kier alpha value is -4.43. The minimum absolute atomic E-state index is 0.0719. The molecule has 8 nitrogen and oxygen atoms in total. The van der Waals surface area contributed by atoms with Crippen molar-refractivity contribution in [1.82, 2.24) is 19.9 Å². The summed E-state index contributed by atoms with van der Waals surface area (Å²) in [5.74, 6) is -0.441. The Morgan fingerprint density at radius 2 is 1.79 bits per heavy atom. The first-order valence-corrected chi connectivity index (χ1v) is 12.4. The van der Waals surface area contributed by atoms with E-state index in [0.29, 0.717) is 28.1 Å². The maximum Gasteiger partial charge on any atom is 0.258 e. The van der Waals surface area contributed by atoms with Crippen molar-refractivity contribution < 1.29 is 14.4 Å². The molecule has 190 valence electrons. The van der Waals surface area contributed by atoms with Crippen molar-refractivity contribution in [3.8, 4) is 0 Å². The SMILES string of the molecule is Cc1cnc(NC(=O)c2ccc(CN3C(=O)c4ccc(Cl)cc4CC(=O)[C@H]3Cc3cccnc3)cc2)nc1. The third kappa shape index (κ3) is 5.60. The second-order valence-electron chi connectivity index (χ2n) is 9.19. The van der Waals surface area contributed by atoms with Gasteiger partial charge in [-0.1, -0.05) is 29.8 Å². The smallest absolute Gasteiger partial charge is 0.258 e. The van der Waals surface area contributed by atoms with Crippen LogP contribution in [0.1, 0.15) is 43.0 Å². The van der Waals surface area contributed by atoms with E-state index >= 15 is 0 Å². The molecule has 2 aromatic heterocycles. The van der Waals surface area contributed by atoms with Gasteiger partial charge in [-0.15, -0.1) is 0 Å². The van der Waals surface area contributed by atoms with Crippen LogP contribution in [0.2, 0.25) is 5.02 Å². The zero-order chi connectivity index (χ0) is 26.6. The lowest BCUT2D eigenvalue weighted by molar-refractivity contribution is -0.122. The highest BCUT2D eigenvalue weighted by atomic mass is 35.5. The minimum atomic E-state index is -0.681. The molecule has 0 saturated heterocycles. The fourth-order valence-corrected chi connectivity index (χ4v) is 4.62. The van der Waals surface area contributed by atoms with Gasteiger partial charge in [-0.3, -0.25) is 24.7 Å². The lowest BCUT2D eigenvalue weighted by Crippen LogP contribution is -2.44. The van der Waals surface area contributed by atoms with Gasteiger partial charge in [0, 0.05) is 60.3 Å². The highest BCUT2D eigenvalue weighted by Gasteiger charge is 2.35. The molecule has 0 unspecified atom stereocenters. The van der Waals surface area contributed by atoms with Crippen molar-refractivity contribution in [1.29, 1.82) is 0 Å². The number of aryl methyl sites for hydroxylation is 1. The molecule has 2 amide bonds. The number of fused-ring (bicyclic) bond motifs is 1. The molecule has 38 heavy (non-hydrogen) atoms. The Morgan fingerprint density at radius 1 is 1.03 bits per heavy atom. The predicted molar refractivity (Wildman–Crippen MR) is 143 cm³/mol. The molecule has 0 spiro atoms. The number of carbonyl (C=O) groups excluding carboxylic acids is 3. The molecule has 1 N–H and O–H groups in total. The monoisotopic (exact) mass is 525 g/mol. The van der Waals surface area contributed by atoms with E-state index in [1.165, 1.54) is 0 Å². The van der Waals surface area contributed by atoms with Crippen molar-refractivity contribution in [2.24, 2.45) is 0 Å². The van der Waals surface area contributed by atoms with E-state index in [4.69, 9.17) is 11.6 Å². The van der Waals surface area contributed by atoms with E-state index in [1.54, 1.807) is 72.2 Å². The van der Waals surface area contributed by atoms with Crippen LogP contribution in [0, 0.1) is 6.92 Å². The maximum absolute atomic E-state index is 13.7. The standard InChI is InChI=1S/C29H24ClN5O3/c1-18-14-32-29(33-15-18)34-27(37)21-6-4-19(5-7-21)17-35-25(11-20-3-2-10-31-16-20)26(36)13-22-12-23(30)8-9-24(22)28(35)38/h2-10,12,14-16,25H,11,13,17H2,1H3,(H,32,33,34,37)/t25-/m1/s1. The first-order chi connectivity index (χ1) is 18.4. The number of Topliss-reactive ketones (excluding diaryl/α,β-unsaturated/α-hetero) is 1. The van der Waals surface area contributed by atoms with Crippen LogP contribution >= 0.6 is 11.6 Å². The van der Waals surface area contributed by atoms with Crippen LogP contribution in [0.4, 0.5) is 5.95 Å². The van der Waals surface area contributed by atoms with Crippen molar-refractivity contribution in [3.05, 3.63) is 118 Å². The number of carbonyl (C=O) groups is 3. The number of ketones is 1. The van der Waals surface area contributed by atoms with Crippen LogP contribution in [-0.4, -0.2) is 43.5 Å². The molecule has 0 radical (unpaired) electrons. The Labute approximate surface area is 224 Å².